The van der Waals surface area contributed by atoms with Crippen LogP contribution in [-0.4, -0.2) is 4.98 Å². The van der Waals surface area contributed by atoms with E-state index in [9.17, 15) is 0 Å². The number of aromatic nitrogens is 1. The Morgan fingerprint density at radius 3 is 1.25 bits per heavy atom. The highest BCUT2D eigenvalue weighted by atomic mass is 15.1. The number of pyridine rings is 1. The van der Waals surface area contributed by atoms with Crippen LogP contribution in [0, 0.1) is 0 Å². The van der Waals surface area contributed by atoms with Crippen molar-refractivity contribution in [1.82, 2.24) is 4.98 Å². The van der Waals surface area contributed by atoms with Crippen LogP contribution in [0.1, 0.15) is 0 Å². The van der Waals surface area contributed by atoms with Crippen molar-refractivity contribution in [2.75, 3.05) is 4.90 Å². The van der Waals surface area contributed by atoms with Crippen molar-refractivity contribution in [1.29, 1.82) is 0 Å². The lowest BCUT2D eigenvalue weighted by Crippen LogP contribution is -2.10. The van der Waals surface area contributed by atoms with Gasteiger partial charge in [-0.05, 0) is 131 Å². The van der Waals surface area contributed by atoms with Gasteiger partial charge in [-0.25, -0.2) is 0 Å². The van der Waals surface area contributed by atoms with Crippen LogP contribution in [0.15, 0.2) is 206 Å². The fraction of sp³-hybridized carbons (Fsp3) is 0. The highest BCUT2D eigenvalue weighted by Crippen LogP contribution is 2.52. The Balaban J connectivity index is 1.11. The zero-order chi connectivity index (χ0) is 37.5. The van der Waals surface area contributed by atoms with E-state index in [1.54, 1.807) is 0 Å². The average molecular weight is 723 g/mol. The standard InChI is InChI=1S/C55H34N2/c1-3-13-35(14-4-1)53-30-25-39(34-56-53)57(38-15-5-2-6-16-38)40-32-36(41-26-28-51-45-19-9-7-17-43(45)49-23-11-21-47(41)54(49)51)31-37(33-40)42-27-29-52-46-20-10-8-18-44(46)50-24-12-22-48(42)55(50)52/h1-34H. The summed E-state index contributed by atoms with van der Waals surface area (Å²) >= 11 is 0. The number of hydrogen-bond acceptors (Lipinski definition) is 2. The average Bonchev–Trinajstić information content (AvgIpc) is 3.79. The molecule has 0 fully saturated rings. The largest absolute Gasteiger partial charge is 0.309 e. The molecule has 0 spiro atoms. The summed E-state index contributed by atoms with van der Waals surface area (Å²) in [5.41, 5.74) is 20.4. The van der Waals surface area contributed by atoms with E-state index < -0.39 is 0 Å². The minimum atomic E-state index is 0.949. The lowest BCUT2D eigenvalue weighted by atomic mass is 9.90. The van der Waals surface area contributed by atoms with Crippen LogP contribution in [-0.2, 0) is 0 Å². The molecule has 264 valence electrons. The van der Waals surface area contributed by atoms with E-state index >= 15 is 0 Å². The van der Waals surface area contributed by atoms with Crippen molar-refractivity contribution >= 4 is 38.6 Å². The minimum Gasteiger partial charge on any atom is -0.309 e. The summed E-state index contributed by atoms with van der Waals surface area (Å²) < 4.78 is 0. The molecular weight excluding hydrogens is 689 g/mol. The second kappa shape index (κ2) is 12.5. The third kappa shape index (κ3) is 4.87. The van der Waals surface area contributed by atoms with Gasteiger partial charge in [-0.15, -0.1) is 0 Å². The highest BCUT2D eigenvalue weighted by molar-refractivity contribution is 6.20. The van der Waals surface area contributed by atoms with Crippen molar-refractivity contribution in [2.45, 2.75) is 0 Å². The van der Waals surface area contributed by atoms with Crippen LogP contribution >= 0.6 is 0 Å². The summed E-state index contributed by atoms with van der Waals surface area (Å²) in [7, 11) is 0. The fourth-order valence-electron chi connectivity index (χ4n) is 9.49. The van der Waals surface area contributed by atoms with Gasteiger partial charge in [0.05, 0.1) is 17.6 Å². The summed E-state index contributed by atoms with van der Waals surface area (Å²) in [4.78, 5) is 7.36. The molecule has 1 heterocycles. The fourth-order valence-corrected chi connectivity index (χ4v) is 9.49. The summed E-state index contributed by atoms with van der Waals surface area (Å²) in [5.74, 6) is 0. The van der Waals surface area contributed by atoms with Crippen LogP contribution in [0.3, 0.4) is 0 Å². The molecule has 12 rings (SSSR count). The maximum Gasteiger partial charge on any atom is 0.0703 e. The van der Waals surface area contributed by atoms with E-state index in [4.69, 9.17) is 4.98 Å². The van der Waals surface area contributed by atoms with E-state index in [1.807, 2.05) is 12.3 Å². The minimum absolute atomic E-state index is 0.949. The van der Waals surface area contributed by atoms with Crippen LogP contribution in [0.5, 0.6) is 0 Å². The monoisotopic (exact) mass is 722 g/mol. The molecule has 0 aliphatic heterocycles. The van der Waals surface area contributed by atoms with Crippen molar-refractivity contribution in [3.63, 3.8) is 0 Å². The molecule has 0 radical (unpaired) electrons. The van der Waals surface area contributed by atoms with Crippen LogP contribution in [0.4, 0.5) is 17.1 Å². The third-order valence-corrected chi connectivity index (χ3v) is 12.0. The normalized spacial score (nSPS) is 11.9. The molecule has 2 nitrogen and oxygen atoms in total. The molecule has 0 atom stereocenters. The molecule has 9 aromatic carbocycles. The van der Waals surface area contributed by atoms with Crippen LogP contribution in [0.25, 0.3) is 99.6 Å². The zero-order valence-electron chi connectivity index (χ0n) is 31.0. The highest BCUT2D eigenvalue weighted by Gasteiger charge is 2.25. The summed E-state index contributed by atoms with van der Waals surface area (Å²) in [5, 5.41) is 5.18. The Labute approximate surface area is 331 Å². The Morgan fingerprint density at radius 1 is 0.281 bits per heavy atom. The maximum atomic E-state index is 5.01. The van der Waals surface area contributed by atoms with E-state index in [-0.39, 0.29) is 0 Å². The van der Waals surface area contributed by atoms with Gasteiger partial charge in [-0.2, -0.15) is 0 Å². The van der Waals surface area contributed by atoms with E-state index in [2.05, 4.69) is 199 Å². The van der Waals surface area contributed by atoms with Gasteiger partial charge in [0.25, 0.3) is 0 Å². The topological polar surface area (TPSA) is 16.1 Å². The Morgan fingerprint density at radius 2 is 0.737 bits per heavy atom. The molecule has 0 N–H and O–H groups in total. The first-order valence-corrected chi connectivity index (χ1v) is 19.6. The van der Waals surface area contributed by atoms with Gasteiger partial charge >= 0.3 is 0 Å². The molecule has 2 aliphatic rings. The Hall–Kier alpha value is -7.55. The Kier molecular flexibility index (Phi) is 6.96. The van der Waals surface area contributed by atoms with E-state index in [0.29, 0.717) is 0 Å². The second-order valence-corrected chi connectivity index (χ2v) is 15.1. The molecule has 1 aromatic heterocycles. The van der Waals surface area contributed by atoms with Crippen molar-refractivity contribution in [3.05, 3.63) is 206 Å². The summed E-state index contributed by atoms with van der Waals surface area (Å²) in [6.07, 6.45) is 2.01. The van der Waals surface area contributed by atoms with Gasteiger partial charge in [-0.3, -0.25) is 4.98 Å². The quantitative estimate of drug-likeness (QED) is 0.170. The predicted molar refractivity (Wildman–Crippen MR) is 239 cm³/mol. The molecule has 0 saturated carbocycles. The van der Waals surface area contributed by atoms with Gasteiger partial charge in [0, 0.05) is 16.9 Å². The molecule has 0 saturated heterocycles. The molecule has 0 bridgehead atoms. The third-order valence-electron chi connectivity index (χ3n) is 12.0. The molecule has 2 heteroatoms. The SMILES string of the molecule is c1ccc(-c2ccc(N(c3ccccc3)c3cc(-c4ccc5c6c(cccc46)-c4ccccc4-5)cc(-c4ccc5c6c(cccc46)-c4ccccc4-5)c3)cn2)cc1. The number of hydrogen-bond donors (Lipinski definition) is 0. The van der Waals surface area contributed by atoms with Crippen molar-refractivity contribution < 1.29 is 0 Å². The lowest BCUT2D eigenvalue weighted by Gasteiger charge is -2.27. The lowest BCUT2D eigenvalue weighted by molar-refractivity contribution is 1.23. The molecule has 10 aromatic rings. The van der Waals surface area contributed by atoms with Crippen LogP contribution in [0.2, 0.25) is 0 Å². The van der Waals surface area contributed by atoms with Gasteiger partial charge < -0.3 is 4.90 Å². The van der Waals surface area contributed by atoms with Gasteiger partial charge in [0.15, 0.2) is 0 Å². The predicted octanol–water partition coefficient (Wildman–Crippen LogP) is 15.2. The smallest absolute Gasteiger partial charge is 0.0703 e. The number of anilines is 3. The zero-order valence-corrected chi connectivity index (χ0v) is 31.0. The van der Waals surface area contributed by atoms with Gasteiger partial charge in [-0.1, -0.05) is 158 Å². The summed E-state index contributed by atoms with van der Waals surface area (Å²) in [6.45, 7) is 0. The van der Waals surface area contributed by atoms with Crippen molar-refractivity contribution in [2.24, 2.45) is 0 Å². The first kappa shape index (κ1) is 31.8. The van der Waals surface area contributed by atoms with Crippen LogP contribution < -0.4 is 4.90 Å². The Bertz CT molecular complexity index is 3010. The molecule has 0 unspecified atom stereocenters. The van der Waals surface area contributed by atoms with E-state index in [1.165, 1.54) is 88.3 Å². The van der Waals surface area contributed by atoms with E-state index in [0.717, 1.165) is 28.3 Å². The number of benzene rings is 9. The van der Waals surface area contributed by atoms with Gasteiger partial charge in [0.1, 0.15) is 0 Å². The van der Waals surface area contributed by atoms with Gasteiger partial charge in [0.2, 0.25) is 0 Å². The number of nitrogens with zero attached hydrogens (tertiary/aromatic N) is 2. The second-order valence-electron chi connectivity index (χ2n) is 15.1. The number of fused-ring (bicyclic) bond motifs is 6. The summed E-state index contributed by atoms with van der Waals surface area (Å²) in [6, 6.07) is 73.0. The number of rotatable bonds is 6. The first-order valence-electron chi connectivity index (χ1n) is 19.6. The molecule has 0 amide bonds. The first-order chi connectivity index (χ1) is 28.3. The molecule has 57 heavy (non-hydrogen) atoms. The molecule has 2 aliphatic carbocycles. The maximum absolute atomic E-state index is 5.01. The molecular formula is C55H34N2. The number of para-hydroxylation sites is 1. The van der Waals surface area contributed by atoms with Crippen molar-refractivity contribution in [3.8, 4) is 78.0 Å².